The lowest BCUT2D eigenvalue weighted by Crippen LogP contribution is -2.31. The number of halogens is 1. The van der Waals surface area contributed by atoms with Gasteiger partial charge in [0.05, 0.1) is 11.7 Å². The van der Waals surface area contributed by atoms with Crippen molar-refractivity contribution in [2.24, 2.45) is 0 Å². The van der Waals surface area contributed by atoms with Crippen LogP contribution in [0.3, 0.4) is 0 Å². The van der Waals surface area contributed by atoms with Crippen molar-refractivity contribution in [3.8, 4) is 0 Å². The number of fused-ring (bicyclic) bond motifs is 1. The van der Waals surface area contributed by atoms with Crippen molar-refractivity contribution in [2.75, 3.05) is 5.32 Å². The zero-order chi connectivity index (χ0) is 15.5. The van der Waals surface area contributed by atoms with E-state index >= 15 is 0 Å². The maximum atomic E-state index is 12.2. The first-order chi connectivity index (χ1) is 10.6. The standard InChI is InChI=1S/C17H16BrN3O/c1-11(12-4-2-5-13(18)10-12)20-17(22)21-16-7-3-6-15-14(16)8-9-19-15/h2-11,19H,1H3,(H2,20,21,22). The van der Waals surface area contributed by atoms with Crippen LogP contribution in [0.25, 0.3) is 10.9 Å². The van der Waals surface area contributed by atoms with E-state index in [1.165, 1.54) is 0 Å². The third-order valence-electron chi connectivity index (χ3n) is 3.54. The number of urea groups is 1. The average molecular weight is 358 g/mol. The molecule has 3 N–H and O–H groups in total. The van der Waals surface area contributed by atoms with Crippen molar-refractivity contribution in [1.82, 2.24) is 10.3 Å². The minimum atomic E-state index is -0.221. The minimum absolute atomic E-state index is 0.0806. The van der Waals surface area contributed by atoms with Crippen LogP contribution in [0.1, 0.15) is 18.5 Å². The Hall–Kier alpha value is -2.27. The zero-order valence-electron chi connectivity index (χ0n) is 12.1. The number of carbonyl (C=O) groups excluding carboxylic acids is 1. The Kier molecular flexibility index (Phi) is 4.15. The van der Waals surface area contributed by atoms with Crippen LogP contribution < -0.4 is 10.6 Å². The van der Waals surface area contributed by atoms with E-state index in [1.54, 1.807) is 0 Å². The van der Waals surface area contributed by atoms with Crippen LogP contribution in [0.15, 0.2) is 59.2 Å². The summed E-state index contributed by atoms with van der Waals surface area (Å²) in [7, 11) is 0. The molecule has 0 fully saturated rings. The summed E-state index contributed by atoms with van der Waals surface area (Å²) in [5.41, 5.74) is 2.83. The number of anilines is 1. The van der Waals surface area contributed by atoms with E-state index in [-0.39, 0.29) is 12.1 Å². The molecular weight excluding hydrogens is 342 g/mol. The number of hydrogen-bond donors (Lipinski definition) is 3. The van der Waals surface area contributed by atoms with Crippen LogP contribution in [-0.4, -0.2) is 11.0 Å². The van der Waals surface area contributed by atoms with Crippen LogP contribution >= 0.6 is 15.9 Å². The van der Waals surface area contributed by atoms with Gasteiger partial charge in [-0.1, -0.05) is 34.1 Å². The molecule has 5 heteroatoms. The SMILES string of the molecule is CC(NC(=O)Nc1cccc2[nH]ccc12)c1cccc(Br)c1. The molecule has 2 aromatic carbocycles. The number of carbonyl (C=O) groups is 1. The largest absolute Gasteiger partial charge is 0.361 e. The molecule has 0 radical (unpaired) electrons. The fraction of sp³-hybridized carbons (Fsp3) is 0.118. The zero-order valence-corrected chi connectivity index (χ0v) is 13.6. The van der Waals surface area contributed by atoms with Crippen molar-refractivity contribution < 1.29 is 4.79 Å². The van der Waals surface area contributed by atoms with Gasteiger partial charge in [-0.25, -0.2) is 4.79 Å². The number of nitrogens with one attached hydrogen (secondary N) is 3. The van der Waals surface area contributed by atoms with E-state index in [9.17, 15) is 4.79 Å². The Balaban J connectivity index is 1.71. The van der Waals surface area contributed by atoms with Crippen LogP contribution in [0.2, 0.25) is 0 Å². The second-order valence-electron chi connectivity index (χ2n) is 5.12. The minimum Gasteiger partial charge on any atom is -0.361 e. The van der Waals surface area contributed by atoms with Gasteiger partial charge >= 0.3 is 6.03 Å². The molecule has 1 heterocycles. The van der Waals surface area contributed by atoms with E-state index < -0.39 is 0 Å². The van der Waals surface area contributed by atoms with Crippen molar-refractivity contribution in [1.29, 1.82) is 0 Å². The topological polar surface area (TPSA) is 56.9 Å². The fourth-order valence-corrected chi connectivity index (χ4v) is 2.83. The van der Waals surface area contributed by atoms with Gasteiger partial charge in [-0.2, -0.15) is 0 Å². The van der Waals surface area contributed by atoms with Gasteiger partial charge < -0.3 is 15.6 Å². The summed E-state index contributed by atoms with van der Waals surface area (Å²) in [6.07, 6.45) is 1.86. The maximum absolute atomic E-state index is 12.2. The molecule has 0 bridgehead atoms. The summed E-state index contributed by atoms with van der Waals surface area (Å²) in [6, 6.07) is 15.3. The van der Waals surface area contributed by atoms with Gasteiger partial charge in [0.2, 0.25) is 0 Å². The van der Waals surface area contributed by atoms with Gasteiger partial charge in [-0.15, -0.1) is 0 Å². The number of aromatic amines is 1. The quantitative estimate of drug-likeness (QED) is 0.618. The summed E-state index contributed by atoms with van der Waals surface area (Å²) >= 11 is 3.44. The number of benzene rings is 2. The Morgan fingerprint density at radius 1 is 1.18 bits per heavy atom. The van der Waals surface area contributed by atoms with E-state index in [1.807, 2.05) is 61.7 Å². The summed E-state index contributed by atoms with van der Waals surface area (Å²) < 4.78 is 0.996. The molecule has 0 saturated heterocycles. The fourth-order valence-electron chi connectivity index (χ4n) is 2.41. The highest BCUT2D eigenvalue weighted by Crippen LogP contribution is 2.22. The molecular formula is C17H16BrN3O. The van der Waals surface area contributed by atoms with Crippen LogP contribution in [0.4, 0.5) is 10.5 Å². The van der Waals surface area contributed by atoms with E-state index in [0.29, 0.717) is 0 Å². The van der Waals surface area contributed by atoms with Crippen LogP contribution in [-0.2, 0) is 0 Å². The van der Waals surface area contributed by atoms with Gasteiger partial charge in [0.15, 0.2) is 0 Å². The highest BCUT2D eigenvalue weighted by molar-refractivity contribution is 9.10. The molecule has 0 aliphatic carbocycles. The van der Waals surface area contributed by atoms with E-state index in [4.69, 9.17) is 0 Å². The highest BCUT2D eigenvalue weighted by atomic mass is 79.9. The first kappa shape index (κ1) is 14.7. The monoisotopic (exact) mass is 357 g/mol. The summed E-state index contributed by atoms with van der Waals surface area (Å²) in [5, 5.41) is 6.85. The number of rotatable bonds is 3. The molecule has 0 saturated carbocycles. The Morgan fingerprint density at radius 2 is 2.00 bits per heavy atom. The molecule has 3 aromatic rings. The molecule has 1 aromatic heterocycles. The van der Waals surface area contributed by atoms with Gasteiger partial charge in [-0.05, 0) is 42.8 Å². The first-order valence-corrected chi connectivity index (χ1v) is 7.82. The predicted octanol–water partition coefficient (Wildman–Crippen LogP) is 4.81. The van der Waals surface area contributed by atoms with E-state index in [0.717, 1.165) is 26.6 Å². The molecule has 3 rings (SSSR count). The van der Waals surface area contributed by atoms with Crippen LogP contribution in [0.5, 0.6) is 0 Å². The molecule has 4 nitrogen and oxygen atoms in total. The van der Waals surface area contributed by atoms with Crippen molar-refractivity contribution in [3.05, 3.63) is 64.8 Å². The van der Waals surface area contributed by atoms with Gasteiger partial charge in [0.1, 0.15) is 0 Å². The molecule has 0 spiro atoms. The Bertz CT molecular complexity index is 812. The molecule has 1 unspecified atom stereocenters. The van der Waals surface area contributed by atoms with Gasteiger partial charge in [0.25, 0.3) is 0 Å². The molecule has 0 aliphatic rings. The molecule has 2 amide bonds. The third kappa shape index (κ3) is 3.14. The number of aromatic nitrogens is 1. The number of hydrogen-bond acceptors (Lipinski definition) is 1. The Morgan fingerprint density at radius 3 is 2.82 bits per heavy atom. The lowest BCUT2D eigenvalue weighted by molar-refractivity contribution is 0.249. The number of H-pyrrole nitrogens is 1. The highest BCUT2D eigenvalue weighted by Gasteiger charge is 2.11. The normalized spacial score (nSPS) is 12.1. The van der Waals surface area contributed by atoms with Crippen molar-refractivity contribution in [3.63, 3.8) is 0 Å². The van der Waals surface area contributed by atoms with Gasteiger partial charge in [0, 0.05) is 21.6 Å². The van der Waals surface area contributed by atoms with Crippen LogP contribution in [0, 0.1) is 0 Å². The Labute approximate surface area is 137 Å². The average Bonchev–Trinajstić information content (AvgIpc) is 2.96. The van der Waals surface area contributed by atoms with Gasteiger partial charge in [-0.3, -0.25) is 0 Å². The van der Waals surface area contributed by atoms with Crippen molar-refractivity contribution >= 4 is 38.6 Å². The molecule has 0 aliphatic heterocycles. The molecule has 1 atom stereocenters. The summed E-state index contributed by atoms with van der Waals surface area (Å²) in [6.45, 7) is 1.96. The predicted molar refractivity (Wildman–Crippen MR) is 93.0 cm³/mol. The van der Waals surface area contributed by atoms with Crippen molar-refractivity contribution in [2.45, 2.75) is 13.0 Å². The third-order valence-corrected chi connectivity index (χ3v) is 4.03. The second-order valence-corrected chi connectivity index (χ2v) is 6.04. The second kappa shape index (κ2) is 6.23. The lowest BCUT2D eigenvalue weighted by Gasteiger charge is -2.15. The smallest absolute Gasteiger partial charge is 0.319 e. The lowest BCUT2D eigenvalue weighted by atomic mass is 10.1. The molecule has 112 valence electrons. The first-order valence-electron chi connectivity index (χ1n) is 7.02. The maximum Gasteiger partial charge on any atom is 0.319 e. The van der Waals surface area contributed by atoms with E-state index in [2.05, 4.69) is 31.5 Å². The number of amides is 2. The summed E-state index contributed by atoms with van der Waals surface area (Å²) in [5.74, 6) is 0. The molecule has 22 heavy (non-hydrogen) atoms. The summed E-state index contributed by atoms with van der Waals surface area (Å²) in [4.78, 5) is 15.3.